The van der Waals surface area contributed by atoms with E-state index in [4.69, 9.17) is 0 Å². The summed E-state index contributed by atoms with van der Waals surface area (Å²) in [6.45, 7) is 4.96. The Morgan fingerprint density at radius 2 is 2.24 bits per heavy atom. The molecule has 0 bridgehead atoms. The molecule has 0 aromatic carbocycles. The van der Waals surface area contributed by atoms with Crippen LogP contribution in [0.1, 0.15) is 30.0 Å². The van der Waals surface area contributed by atoms with Gasteiger partial charge in [-0.25, -0.2) is 4.98 Å². The molecule has 0 unspecified atom stereocenters. The number of carbonyl (C=O) groups excluding carboxylic acids is 1. The highest BCUT2D eigenvalue weighted by Crippen LogP contribution is 2.09. The molecule has 0 saturated carbocycles. The van der Waals surface area contributed by atoms with Crippen LogP contribution in [0.15, 0.2) is 5.38 Å². The van der Waals surface area contributed by atoms with Crippen LogP contribution in [0.25, 0.3) is 0 Å². The van der Waals surface area contributed by atoms with E-state index in [1.807, 2.05) is 17.2 Å². The molecule has 94 valence electrons. The summed E-state index contributed by atoms with van der Waals surface area (Å²) >= 11 is 1.64. The summed E-state index contributed by atoms with van der Waals surface area (Å²) in [7, 11) is 0. The number of carbonyl (C=O) groups is 1. The van der Waals surface area contributed by atoms with Crippen LogP contribution in [0.3, 0.4) is 0 Å². The fraction of sp³-hybridized carbons (Fsp3) is 0.667. The number of amides is 1. The van der Waals surface area contributed by atoms with Gasteiger partial charge in [0.2, 0.25) is 5.91 Å². The van der Waals surface area contributed by atoms with Crippen LogP contribution < -0.4 is 5.32 Å². The molecule has 0 radical (unpaired) electrons. The van der Waals surface area contributed by atoms with E-state index in [9.17, 15) is 4.79 Å². The van der Waals surface area contributed by atoms with Crippen molar-refractivity contribution in [2.45, 2.75) is 32.7 Å². The molecular formula is C12H19N3OS. The second-order valence-corrected chi connectivity index (χ2v) is 5.37. The Hall–Kier alpha value is -0.940. The molecule has 2 rings (SSSR count). The smallest absolute Gasteiger partial charge is 0.236 e. The Morgan fingerprint density at radius 3 is 2.88 bits per heavy atom. The van der Waals surface area contributed by atoms with E-state index in [1.54, 1.807) is 11.3 Å². The molecule has 0 atom stereocenters. The highest BCUT2D eigenvalue weighted by Gasteiger charge is 2.15. The van der Waals surface area contributed by atoms with Gasteiger partial charge in [-0.15, -0.1) is 11.3 Å². The Labute approximate surface area is 106 Å². The number of thiazole rings is 1. The molecule has 17 heavy (non-hydrogen) atoms. The normalized spacial score (nSPS) is 16.2. The number of aromatic nitrogens is 1. The summed E-state index contributed by atoms with van der Waals surface area (Å²) in [6, 6.07) is 0. The zero-order valence-corrected chi connectivity index (χ0v) is 11.1. The van der Waals surface area contributed by atoms with Crippen LogP contribution in [-0.2, 0) is 11.3 Å². The van der Waals surface area contributed by atoms with E-state index in [1.165, 1.54) is 6.42 Å². The first-order valence-corrected chi connectivity index (χ1v) is 7.03. The maximum atomic E-state index is 11.8. The second kappa shape index (κ2) is 6.12. The predicted octanol–water partition coefficient (Wildman–Crippen LogP) is 1.55. The van der Waals surface area contributed by atoms with Crippen molar-refractivity contribution in [2.24, 2.45) is 0 Å². The van der Waals surface area contributed by atoms with Gasteiger partial charge in [0.1, 0.15) is 5.01 Å². The minimum atomic E-state index is 0.220. The van der Waals surface area contributed by atoms with Crippen LogP contribution in [0.4, 0.5) is 0 Å². The second-order valence-electron chi connectivity index (χ2n) is 4.43. The number of hydrogen-bond donors (Lipinski definition) is 1. The number of likely N-dealkylation sites (tertiary alicyclic amines) is 1. The Kier molecular flexibility index (Phi) is 4.50. The molecule has 1 aliphatic heterocycles. The lowest BCUT2D eigenvalue weighted by Gasteiger charge is -2.26. The number of rotatable bonds is 4. The van der Waals surface area contributed by atoms with Crippen molar-refractivity contribution >= 4 is 17.2 Å². The lowest BCUT2D eigenvalue weighted by atomic mass is 10.1. The number of nitrogens with one attached hydrogen (secondary N) is 1. The summed E-state index contributed by atoms with van der Waals surface area (Å²) < 4.78 is 0. The number of piperidine rings is 1. The van der Waals surface area contributed by atoms with Gasteiger partial charge in [0.15, 0.2) is 0 Å². The van der Waals surface area contributed by atoms with E-state index in [0.29, 0.717) is 13.1 Å². The van der Waals surface area contributed by atoms with Crippen LogP contribution in [0.2, 0.25) is 0 Å². The highest BCUT2D eigenvalue weighted by molar-refractivity contribution is 7.09. The molecule has 1 saturated heterocycles. The average Bonchev–Trinajstić information content (AvgIpc) is 2.76. The molecule has 5 heteroatoms. The first-order chi connectivity index (χ1) is 8.25. The molecule has 0 aliphatic carbocycles. The van der Waals surface area contributed by atoms with E-state index in [-0.39, 0.29) is 5.91 Å². The molecule has 1 N–H and O–H groups in total. The topological polar surface area (TPSA) is 45.2 Å². The fourth-order valence-electron chi connectivity index (χ4n) is 2.02. The quantitative estimate of drug-likeness (QED) is 0.885. The number of hydrogen-bond acceptors (Lipinski definition) is 4. The molecule has 1 aromatic rings. The van der Waals surface area contributed by atoms with E-state index < -0.39 is 0 Å². The van der Waals surface area contributed by atoms with Gasteiger partial charge in [0, 0.05) is 30.7 Å². The minimum Gasteiger partial charge on any atom is -0.342 e. The standard InChI is InChI=1S/C12H19N3OS/c1-10-9-17-11(14-10)7-13-8-12(16)15-5-3-2-4-6-15/h9,13H,2-8H2,1H3. The maximum Gasteiger partial charge on any atom is 0.236 e. The molecule has 4 nitrogen and oxygen atoms in total. The average molecular weight is 253 g/mol. The fourth-order valence-corrected chi connectivity index (χ4v) is 2.76. The van der Waals surface area contributed by atoms with Crippen molar-refractivity contribution in [1.82, 2.24) is 15.2 Å². The molecule has 1 amide bonds. The molecule has 1 fully saturated rings. The van der Waals surface area contributed by atoms with Gasteiger partial charge in [0.25, 0.3) is 0 Å². The van der Waals surface area contributed by atoms with Crippen molar-refractivity contribution < 1.29 is 4.79 Å². The number of nitrogens with zero attached hydrogens (tertiary/aromatic N) is 2. The zero-order chi connectivity index (χ0) is 12.1. The third kappa shape index (κ3) is 3.78. The first kappa shape index (κ1) is 12.5. The van der Waals surface area contributed by atoms with E-state index >= 15 is 0 Å². The van der Waals surface area contributed by atoms with Gasteiger partial charge in [-0.1, -0.05) is 0 Å². The van der Waals surface area contributed by atoms with Crippen molar-refractivity contribution in [3.05, 3.63) is 16.1 Å². The first-order valence-electron chi connectivity index (χ1n) is 6.15. The van der Waals surface area contributed by atoms with Crippen molar-refractivity contribution in [1.29, 1.82) is 0 Å². The van der Waals surface area contributed by atoms with E-state index in [2.05, 4.69) is 10.3 Å². The van der Waals surface area contributed by atoms with Gasteiger partial charge >= 0.3 is 0 Å². The lowest BCUT2D eigenvalue weighted by molar-refractivity contribution is -0.131. The molecular weight excluding hydrogens is 234 g/mol. The van der Waals surface area contributed by atoms with Gasteiger partial charge < -0.3 is 10.2 Å². The van der Waals surface area contributed by atoms with Crippen molar-refractivity contribution in [3.8, 4) is 0 Å². The molecule has 1 aliphatic rings. The predicted molar refractivity (Wildman–Crippen MR) is 69.0 cm³/mol. The van der Waals surface area contributed by atoms with Crippen molar-refractivity contribution in [3.63, 3.8) is 0 Å². The SMILES string of the molecule is Cc1csc(CNCC(=O)N2CCCCC2)n1. The third-order valence-electron chi connectivity index (χ3n) is 2.93. The summed E-state index contributed by atoms with van der Waals surface area (Å²) in [5.41, 5.74) is 1.05. The minimum absolute atomic E-state index is 0.220. The van der Waals surface area contributed by atoms with Gasteiger partial charge in [-0.2, -0.15) is 0 Å². The largest absolute Gasteiger partial charge is 0.342 e. The van der Waals surface area contributed by atoms with Gasteiger partial charge in [0.05, 0.1) is 6.54 Å². The highest BCUT2D eigenvalue weighted by atomic mass is 32.1. The van der Waals surface area contributed by atoms with Crippen LogP contribution in [0.5, 0.6) is 0 Å². The van der Waals surface area contributed by atoms with Crippen LogP contribution in [-0.4, -0.2) is 35.4 Å². The molecule has 1 aromatic heterocycles. The summed E-state index contributed by atoms with van der Waals surface area (Å²) in [4.78, 5) is 18.2. The molecule has 0 spiro atoms. The lowest BCUT2D eigenvalue weighted by Crippen LogP contribution is -2.40. The Balaban J connectivity index is 1.69. The van der Waals surface area contributed by atoms with Gasteiger partial charge in [-0.05, 0) is 26.2 Å². The zero-order valence-electron chi connectivity index (χ0n) is 10.2. The monoisotopic (exact) mass is 253 g/mol. The molecule has 2 heterocycles. The summed E-state index contributed by atoms with van der Waals surface area (Å²) in [5, 5.41) is 6.25. The summed E-state index contributed by atoms with van der Waals surface area (Å²) in [5.74, 6) is 0.220. The van der Waals surface area contributed by atoms with Crippen molar-refractivity contribution in [2.75, 3.05) is 19.6 Å². The van der Waals surface area contributed by atoms with Crippen LogP contribution in [0, 0.1) is 6.92 Å². The van der Waals surface area contributed by atoms with Gasteiger partial charge in [-0.3, -0.25) is 4.79 Å². The van der Waals surface area contributed by atoms with Crippen LogP contribution >= 0.6 is 11.3 Å². The number of aryl methyl sites for hydroxylation is 1. The Bertz CT molecular complexity index is 372. The van der Waals surface area contributed by atoms with E-state index in [0.717, 1.165) is 36.6 Å². The third-order valence-corrected chi connectivity index (χ3v) is 3.89. The Morgan fingerprint density at radius 1 is 1.47 bits per heavy atom. The summed E-state index contributed by atoms with van der Waals surface area (Å²) in [6.07, 6.45) is 3.56. The maximum absolute atomic E-state index is 11.8.